The van der Waals surface area contributed by atoms with Crippen molar-refractivity contribution in [2.45, 2.75) is 38.1 Å². The molecule has 1 unspecified atom stereocenters. The molecule has 0 radical (unpaired) electrons. The van der Waals surface area contributed by atoms with Crippen LogP contribution in [0.5, 0.6) is 0 Å². The van der Waals surface area contributed by atoms with Crippen LogP contribution in [0.2, 0.25) is 0 Å². The zero-order valence-corrected chi connectivity index (χ0v) is 15.5. The minimum atomic E-state index is -3.63. The first-order valence-corrected chi connectivity index (χ1v) is 8.96. The summed E-state index contributed by atoms with van der Waals surface area (Å²) in [7, 11) is 0.879. The normalized spacial score (nSPS) is 13.6. The van der Waals surface area contributed by atoms with Crippen LogP contribution in [0.1, 0.15) is 36.6 Å². The summed E-state index contributed by atoms with van der Waals surface area (Å²) in [6.45, 7) is 6.07. The Morgan fingerprint density at radius 1 is 1.30 bits per heavy atom. The van der Waals surface area contributed by atoms with E-state index in [1.165, 1.54) is 32.0 Å². The molecule has 132 valence electrons. The minimum absolute atomic E-state index is 0.00765. The fourth-order valence-electron chi connectivity index (χ4n) is 1.99. The second-order valence-electron chi connectivity index (χ2n) is 6.24. The zero-order valence-electron chi connectivity index (χ0n) is 14.7. The van der Waals surface area contributed by atoms with Gasteiger partial charge in [-0.2, -0.15) is 0 Å². The van der Waals surface area contributed by atoms with Crippen molar-refractivity contribution in [2.75, 3.05) is 27.7 Å². The third-order valence-electron chi connectivity index (χ3n) is 3.84. The quantitative estimate of drug-likeness (QED) is 0.803. The van der Waals surface area contributed by atoms with Crippen LogP contribution in [-0.2, 0) is 10.0 Å². The van der Waals surface area contributed by atoms with Gasteiger partial charge in [-0.05, 0) is 19.3 Å². The maximum absolute atomic E-state index is 12.4. The van der Waals surface area contributed by atoms with Gasteiger partial charge in [0.15, 0.2) is 5.76 Å². The van der Waals surface area contributed by atoms with Crippen LogP contribution in [0.4, 0.5) is 0 Å². The molecule has 0 aromatic carbocycles. The van der Waals surface area contributed by atoms with Crippen LogP contribution < -0.4 is 5.73 Å². The lowest BCUT2D eigenvalue weighted by Gasteiger charge is -2.20. The molecule has 1 aromatic heterocycles. The third-order valence-corrected chi connectivity index (χ3v) is 5.77. The highest BCUT2D eigenvalue weighted by Crippen LogP contribution is 2.23. The van der Waals surface area contributed by atoms with E-state index in [9.17, 15) is 13.2 Å². The van der Waals surface area contributed by atoms with Crippen LogP contribution in [-0.4, -0.2) is 57.3 Å². The van der Waals surface area contributed by atoms with Crippen molar-refractivity contribution in [1.29, 1.82) is 0 Å². The maximum Gasteiger partial charge on any atom is 0.289 e. The molecule has 7 nitrogen and oxygen atoms in total. The highest BCUT2D eigenvalue weighted by atomic mass is 32.2. The molecule has 0 aliphatic rings. The SMILES string of the molecule is Cc1oc(C(=O)N(C)CCC(N)C(C)C)cc1S(=O)(=O)N(C)C. The van der Waals surface area contributed by atoms with Gasteiger partial charge in [-0.3, -0.25) is 4.79 Å². The van der Waals surface area contributed by atoms with Crippen LogP contribution >= 0.6 is 0 Å². The topological polar surface area (TPSA) is 96.8 Å². The fraction of sp³-hybridized carbons (Fsp3) is 0.667. The van der Waals surface area contributed by atoms with Gasteiger partial charge in [-0.1, -0.05) is 13.8 Å². The summed E-state index contributed by atoms with van der Waals surface area (Å²) in [6, 6.07) is 1.29. The molecule has 23 heavy (non-hydrogen) atoms. The molecular formula is C15H27N3O4S. The Balaban J connectivity index is 2.90. The van der Waals surface area contributed by atoms with Gasteiger partial charge in [0, 0.05) is 39.8 Å². The standard InChI is InChI=1S/C15H27N3O4S/c1-10(2)12(16)7-8-18(6)15(19)13-9-14(11(3)22-13)23(20,21)17(4)5/h9-10,12H,7-8,16H2,1-6H3. The van der Waals surface area contributed by atoms with Crippen LogP contribution in [0.15, 0.2) is 15.4 Å². The van der Waals surface area contributed by atoms with E-state index in [4.69, 9.17) is 10.2 Å². The molecule has 1 heterocycles. The van der Waals surface area contributed by atoms with Gasteiger partial charge in [-0.25, -0.2) is 12.7 Å². The Bertz CT molecular complexity index is 650. The first kappa shape index (κ1) is 19.7. The van der Waals surface area contributed by atoms with E-state index in [2.05, 4.69) is 0 Å². The number of nitrogens with zero attached hydrogens (tertiary/aromatic N) is 2. The second kappa shape index (κ2) is 7.46. The Kier molecular flexibility index (Phi) is 6.38. The van der Waals surface area contributed by atoms with Crippen molar-refractivity contribution in [2.24, 2.45) is 11.7 Å². The smallest absolute Gasteiger partial charge is 0.289 e. The lowest BCUT2D eigenvalue weighted by molar-refractivity contribution is 0.0756. The van der Waals surface area contributed by atoms with Crippen molar-refractivity contribution in [3.05, 3.63) is 17.6 Å². The summed E-state index contributed by atoms with van der Waals surface area (Å²) in [5, 5.41) is 0. The molecule has 1 atom stereocenters. The first-order valence-electron chi connectivity index (χ1n) is 7.52. The molecule has 0 aliphatic heterocycles. The number of nitrogens with two attached hydrogens (primary N) is 1. The number of hydrogen-bond acceptors (Lipinski definition) is 5. The van der Waals surface area contributed by atoms with Crippen LogP contribution in [0.25, 0.3) is 0 Å². The number of sulfonamides is 1. The lowest BCUT2D eigenvalue weighted by atomic mass is 10.0. The van der Waals surface area contributed by atoms with Crippen molar-refractivity contribution in [3.8, 4) is 0 Å². The van der Waals surface area contributed by atoms with E-state index in [0.29, 0.717) is 18.9 Å². The number of amides is 1. The van der Waals surface area contributed by atoms with E-state index >= 15 is 0 Å². The number of furan rings is 1. The minimum Gasteiger partial charge on any atom is -0.455 e. The summed E-state index contributed by atoms with van der Waals surface area (Å²) in [5.41, 5.74) is 5.98. The molecule has 0 aliphatic carbocycles. The molecule has 0 spiro atoms. The highest BCUT2D eigenvalue weighted by Gasteiger charge is 2.27. The Morgan fingerprint density at radius 2 is 1.87 bits per heavy atom. The number of hydrogen-bond donors (Lipinski definition) is 1. The molecule has 1 aromatic rings. The number of rotatable bonds is 7. The summed E-state index contributed by atoms with van der Waals surface area (Å²) < 4.78 is 30.8. The predicted octanol–water partition coefficient (Wildman–Crippen LogP) is 1.28. The average molecular weight is 345 g/mol. The third kappa shape index (κ3) is 4.55. The second-order valence-corrected chi connectivity index (χ2v) is 8.36. The van der Waals surface area contributed by atoms with Gasteiger partial charge in [0.25, 0.3) is 5.91 Å². The predicted molar refractivity (Wildman–Crippen MR) is 88.7 cm³/mol. The molecule has 8 heteroatoms. The Hall–Kier alpha value is -1.38. The number of carbonyl (C=O) groups is 1. The molecular weight excluding hydrogens is 318 g/mol. The van der Waals surface area contributed by atoms with E-state index in [1.54, 1.807) is 7.05 Å². The van der Waals surface area contributed by atoms with Gasteiger partial charge in [0.1, 0.15) is 10.7 Å². The highest BCUT2D eigenvalue weighted by molar-refractivity contribution is 7.89. The van der Waals surface area contributed by atoms with Gasteiger partial charge < -0.3 is 15.1 Å². The molecule has 0 bridgehead atoms. The van der Waals surface area contributed by atoms with E-state index in [1.807, 2.05) is 13.8 Å². The van der Waals surface area contributed by atoms with Crippen LogP contribution in [0, 0.1) is 12.8 Å². The van der Waals surface area contributed by atoms with Gasteiger partial charge >= 0.3 is 0 Å². The van der Waals surface area contributed by atoms with Gasteiger partial charge in [0.2, 0.25) is 10.0 Å². The summed E-state index contributed by atoms with van der Waals surface area (Å²) in [6.07, 6.45) is 0.669. The molecule has 1 amide bonds. The monoisotopic (exact) mass is 345 g/mol. The Morgan fingerprint density at radius 3 is 2.35 bits per heavy atom. The lowest BCUT2D eigenvalue weighted by Crippen LogP contribution is -2.34. The molecule has 0 fully saturated rings. The number of aryl methyl sites for hydroxylation is 1. The molecule has 1 rings (SSSR count). The zero-order chi connectivity index (χ0) is 17.9. The summed E-state index contributed by atoms with van der Waals surface area (Å²) >= 11 is 0. The maximum atomic E-state index is 12.4. The largest absolute Gasteiger partial charge is 0.455 e. The van der Waals surface area contributed by atoms with Crippen molar-refractivity contribution in [1.82, 2.24) is 9.21 Å². The van der Waals surface area contributed by atoms with E-state index < -0.39 is 10.0 Å². The van der Waals surface area contributed by atoms with Gasteiger partial charge in [0.05, 0.1) is 0 Å². The van der Waals surface area contributed by atoms with Crippen LogP contribution in [0.3, 0.4) is 0 Å². The van der Waals surface area contributed by atoms with E-state index in [-0.39, 0.29) is 28.4 Å². The molecule has 0 saturated heterocycles. The molecule has 2 N–H and O–H groups in total. The van der Waals surface area contributed by atoms with Gasteiger partial charge in [-0.15, -0.1) is 0 Å². The summed E-state index contributed by atoms with van der Waals surface area (Å²) in [5.74, 6) is 0.198. The van der Waals surface area contributed by atoms with E-state index in [0.717, 1.165) is 4.31 Å². The van der Waals surface area contributed by atoms with Crippen molar-refractivity contribution < 1.29 is 17.6 Å². The average Bonchev–Trinajstić information content (AvgIpc) is 2.85. The molecule has 0 saturated carbocycles. The van der Waals surface area contributed by atoms with Crippen molar-refractivity contribution in [3.63, 3.8) is 0 Å². The fourth-order valence-corrected chi connectivity index (χ4v) is 3.04. The Labute approximate surface area is 138 Å². The van der Waals surface area contributed by atoms with Crippen molar-refractivity contribution >= 4 is 15.9 Å². The number of carbonyl (C=O) groups excluding carboxylic acids is 1. The summed E-state index contributed by atoms with van der Waals surface area (Å²) in [4.78, 5) is 13.9. The first-order chi connectivity index (χ1) is 10.5.